The SMILES string of the molecule is C[C@@H](OC(=O)CCNC(=O)c1ccc(Cl)cc1)C(=O)NC1CC1. The number of nitrogens with one attached hydrogen (secondary N) is 2. The summed E-state index contributed by atoms with van der Waals surface area (Å²) in [5.41, 5.74) is 0.458. The Kier molecular flexibility index (Phi) is 5.98. The van der Waals surface area contributed by atoms with Crippen LogP contribution in [0.15, 0.2) is 24.3 Å². The smallest absolute Gasteiger partial charge is 0.308 e. The number of esters is 1. The Balaban J connectivity index is 1.66. The standard InChI is InChI=1S/C16H19ClN2O4/c1-10(15(21)19-13-6-7-13)23-14(20)8-9-18-16(22)11-2-4-12(17)5-3-11/h2-5,10,13H,6-9H2,1H3,(H,18,22)(H,19,21)/t10-/m1/s1. The average Bonchev–Trinajstić information content (AvgIpc) is 3.31. The first kappa shape index (κ1) is 17.3. The molecule has 2 rings (SSSR count). The number of carbonyl (C=O) groups is 3. The van der Waals surface area contributed by atoms with Gasteiger partial charge in [-0.25, -0.2) is 0 Å². The zero-order valence-electron chi connectivity index (χ0n) is 12.8. The third-order valence-corrected chi connectivity index (χ3v) is 3.57. The van der Waals surface area contributed by atoms with E-state index in [2.05, 4.69) is 10.6 Å². The Labute approximate surface area is 139 Å². The summed E-state index contributed by atoms with van der Waals surface area (Å²) in [7, 11) is 0. The van der Waals surface area contributed by atoms with Crippen molar-refractivity contribution >= 4 is 29.4 Å². The quantitative estimate of drug-likeness (QED) is 0.741. The van der Waals surface area contributed by atoms with Crippen LogP contribution >= 0.6 is 11.6 Å². The van der Waals surface area contributed by atoms with Crippen molar-refractivity contribution in [2.24, 2.45) is 0 Å². The fraction of sp³-hybridized carbons (Fsp3) is 0.438. The van der Waals surface area contributed by atoms with Crippen LogP contribution in [0.25, 0.3) is 0 Å². The molecule has 1 aromatic rings. The van der Waals surface area contributed by atoms with Gasteiger partial charge in [0, 0.05) is 23.2 Å². The van der Waals surface area contributed by atoms with Gasteiger partial charge in [-0.2, -0.15) is 0 Å². The van der Waals surface area contributed by atoms with Gasteiger partial charge in [-0.1, -0.05) is 11.6 Å². The lowest BCUT2D eigenvalue weighted by Crippen LogP contribution is -2.37. The maximum Gasteiger partial charge on any atom is 0.308 e. The molecule has 0 bridgehead atoms. The van der Waals surface area contributed by atoms with Crippen molar-refractivity contribution < 1.29 is 19.1 Å². The number of ether oxygens (including phenoxy) is 1. The van der Waals surface area contributed by atoms with Crippen molar-refractivity contribution in [3.05, 3.63) is 34.9 Å². The summed E-state index contributed by atoms with van der Waals surface area (Å²) in [5, 5.41) is 5.92. The Morgan fingerprint density at radius 3 is 2.52 bits per heavy atom. The third-order valence-electron chi connectivity index (χ3n) is 3.32. The highest BCUT2D eigenvalue weighted by molar-refractivity contribution is 6.30. The number of hydrogen-bond donors (Lipinski definition) is 2. The second-order valence-corrected chi connectivity index (χ2v) is 5.86. The molecule has 1 saturated carbocycles. The van der Waals surface area contributed by atoms with Crippen LogP contribution in [0.4, 0.5) is 0 Å². The number of benzene rings is 1. The largest absolute Gasteiger partial charge is 0.452 e. The van der Waals surface area contributed by atoms with Crippen molar-refractivity contribution in [3.63, 3.8) is 0 Å². The molecule has 0 spiro atoms. The summed E-state index contributed by atoms with van der Waals surface area (Å²) in [6.45, 7) is 1.67. The molecule has 124 valence electrons. The minimum absolute atomic E-state index is 0.000375. The fourth-order valence-corrected chi connectivity index (χ4v) is 1.96. The predicted octanol–water partition coefficient (Wildman–Crippen LogP) is 1.67. The van der Waals surface area contributed by atoms with Gasteiger partial charge in [0.05, 0.1) is 6.42 Å². The summed E-state index contributed by atoms with van der Waals surface area (Å²) in [6.07, 6.45) is 1.13. The van der Waals surface area contributed by atoms with Crippen LogP contribution in [0.5, 0.6) is 0 Å². The van der Waals surface area contributed by atoms with Gasteiger partial charge >= 0.3 is 5.97 Å². The fourth-order valence-electron chi connectivity index (χ4n) is 1.84. The molecule has 0 unspecified atom stereocenters. The molecule has 7 heteroatoms. The molecule has 0 aromatic heterocycles. The van der Waals surface area contributed by atoms with E-state index >= 15 is 0 Å². The van der Waals surface area contributed by atoms with Gasteiger partial charge in [0.2, 0.25) is 0 Å². The van der Waals surface area contributed by atoms with E-state index in [1.54, 1.807) is 24.3 Å². The molecule has 6 nitrogen and oxygen atoms in total. The summed E-state index contributed by atoms with van der Waals surface area (Å²) in [6, 6.07) is 6.65. The highest BCUT2D eigenvalue weighted by Crippen LogP contribution is 2.18. The first-order chi connectivity index (χ1) is 11.0. The van der Waals surface area contributed by atoms with Gasteiger partial charge in [-0.15, -0.1) is 0 Å². The highest BCUT2D eigenvalue weighted by atomic mass is 35.5. The van der Waals surface area contributed by atoms with Crippen LogP contribution in [0, 0.1) is 0 Å². The molecule has 2 N–H and O–H groups in total. The zero-order valence-corrected chi connectivity index (χ0v) is 13.6. The molecule has 0 radical (unpaired) electrons. The molecule has 0 heterocycles. The topological polar surface area (TPSA) is 84.5 Å². The van der Waals surface area contributed by atoms with Crippen molar-refractivity contribution in [2.75, 3.05) is 6.54 Å². The molecule has 1 fully saturated rings. The Hall–Kier alpha value is -2.08. The molecule has 0 aliphatic heterocycles. The predicted molar refractivity (Wildman–Crippen MR) is 85.1 cm³/mol. The van der Waals surface area contributed by atoms with Crippen LogP contribution in [0.1, 0.15) is 36.5 Å². The summed E-state index contributed by atoms with van der Waals surface area (Å²) in [4.78, 5) is 35.1. The van der Waals surface area contributed by atoms with Gasteiger partial charge in [0.15, 0.2) is 6.10 Å². The number of rotatable bonds is 7. The van der Waals surface area contributed by atoms with Gasteiger partial charge in [0.25, 0.3) is 11.8 Å². The maximum atomic E-state index is 11.8. The molecular weight excluding hydrogens is 320 g/mol. The van der Waals surface area contributed by atoms with Crippen LogP contribution in [-0.2, 0) is 14.3 Å². The minimum atomic E-state index is -0.824. The molecule has 1 aliphatic rings. The highest BCUT2D eigenvalue weighted by Gasteiger charge is 2.27. The second-order valence-electron chi connectivity index (χ2n) is 5.43. The van der Waals surface area contributed by atoms with Gasteiger partial charge in [-0.05, 0) is 44.0 Å². The van der Waals surface area contributed by atoms with E-state index in [0.717, 1.165) is 12.8 Å². The third kappa shape index (κ3) is 5.90. The lowest BCUT2D eigenvalue weighted by molar-refractivity contribution is -0.154. The molecule has 2 amide bonds. The van der Waals surface area contributed by atoms with Crippen molar-refractivity contribution in [1.82, 2.24) is 10.6 Å². The van der Waals surface area contributed by atoms with Crippen molar-refractivity contribution in [3.8, 4) is 0 Å². The normalized spacial score (nSPS) is 14.7. The molecule has 0 saturated heterocycles. The van der Waals surface area contributed by atoms with E-state index in [-0.39, 0.29) is 30.8 Å². The summed E-state index contributed by atoms with van der Waals surface area (Å²) in [5.74, 6) is -1.11. The minimum Gasteiger partial charge on any atom is -0.452 e. The average molecular weight is 339 g/mol. The Morgan fingerprint density at radius 2 is 1.91 bits per heavy atom. The second kappa shape index (κ2) is 7.97. The first-order valence-corrected chi connectivity index (χ1v) is 7.87. The lowest BCUT2D eigenvalue weighted by atomic mass is 10.2. The number of hydrogen-bond acceptors (Lipinski definition) is 4. The molecule has 1 aromatic carbocycles. The lowest BCUT2D eigenvalue weighted by Gasteiger charge is -2.13. The van der Waals surface area contributed by atoms with Crippen LogP contribution < -0.4 is 10.6 Å². The number of carbonyl (C=O) groups excluding carboxylic acids is 3. The van der Waals surface area contributed by atoms with E-state index in [1.165, 1.54) is 6.92 Å². The van der Waals surface area contributed by atoms with Crippen LogP contribution in [0.2, 0.25) is 5.02 Å². The van der Waals surface area contributed by atoms with E-state index in [0.29, 0.717) is 10.6 Å². The maximum absolute atomic E-state index is 11.8. The summed E-state index contributed by atoms with van der Waals surface area (Å²) >= 11 is 5.75. The number of amides is 2. The van der Waals surface area contributed by atoms with E-state index in [1.807, 2.05) is 0 Å². The molecule has 23 heavy (non-hydrogen) atoms. The van der Waals surface area contributed by atoms with E-state index in [9.17, 15) is 14.4 Å². The Morgan fingerprint density at radius 1 is 1.26 bits per heavy atom. The van der Waals surface area contributed by atoms with Gasteiger partial charge in [-0.3, -0.25) is 14.4 Å². The van der Waals surface area contributed by atoms with E-state index in [4.69, 9.17) is 16.3 Å². The summed E-state index contributed by atoms with van der Waals surface area (Å²) < 4.78 is 5.02. The molecule has 1 atom stereocenters. The van der Waals surface area contributed by atoms with Crippen LogP contribution in [0.3, 0.4) is 0 Å². The van der Waals surface area contributed by atoms with Crippen LogP contribution in [-0.4, -0.2) is 36.5 Å². The van der Waals surface area contributed by atoms with E-state index < -0.39 is 12.1 Å². The molecule has 1 aliphatic carbocycles. The molecular formula is C16H19ClN2O4. The number of halogens is 1. The zero-order chi connectivity index (χ0) is 16.8. The van der Waals surface area contributed by atoms with Gasteiger partial charge < -0.3 is 15.4 Å². The van der Waals surface area contributed by atoms with Gasteiger partial charge in [0.1, 0.15) is 0 Å². The first-order valence-electron chi connectivity index (χ1n) is 7.49. The van der Waals surface area contributed by atoms with Crippen molar-refractivity contribution in [1.29, 1.82) is 0 Å². The monoisotopic (exact) mass is 338 g/mol. The Bertz CT molecular complexity index is 584. The van der Waals surface area contributed by atoms with Crippen molar-refractivity contribution in [2.45, 2.75) is 38.3 Å².